The molecule has 16 heavy (non-hydrogen) atoms. The number of nitrogens with zero attached hydrogens (tertiary/aromatic N) is 1. The van der Waals surface area contributed by atoms with E-state index in [0.29, 0.717) is 6.54 Å². The topological polar surface area (TPSA) is 53.7 Å². The van der Waals surface area contributed by atoms with Gasteiger partial charge in [-0.2, -0.15) is 0 Å². The fourth-order valence-corrected chi connectivity index (χ4v) is 1.75. The zero-order valence-electron chi connectivity index (χ0n) is 9.44. The molecule has 0 spiro atoms. The predicted molar refractivity (Wildman–Crippen MR) is 64.2 cm³/mol. The van der Waals surface area contributed by atoms with E-state index in [9.17, 15) is 4.79 Å². The zero-order valence-corrected chi connectivity index (χ0v) is 11.0. The van der Waals surface area contributed by atoms with Crippen molar-refractivity contribution in [3.05, 3.63) is 22.6 Å². The van der Waals surface area contributed by atoms with Gasteiger partial charge in [-0.05, 0) is 35.3 Å². The fraction of sp³-hybridized carbons (Fsp3) is 0.545. The van der Waals surface area contributed by atoms with Crippen LogP contribution >= 0.6 is 15.9 Å². The van der Waals surface area contributed by atoms with Crippen LogP contribution in [0.1, 0.15) is 26.0 Å². The number of aliphatic carboxylic acids is 1. The van der Waals surface area contributed by atoms with E-state index in [1.807, 2.05) is 24.8 Å². The summed E-state index contributed by atoms with van der Waals surface area (Å²) in [5.74, 6) is -0.0514. The van der Waals surface area contributed by atoms with E-state index < -0.39 is 5.97 Å². The zero-order chi connectivity index (χ0) is 12.1. The van der Waals surface area contributed by atoms with Crippen molar-refractivity contribution < 1.29 is 14.3 Å². The van der Waals surface area contributed by atoms with Crippen LogP contribution in [-0.4, -0.2) is 28.6 Å². The first-order valence-electron chi connectivity index (χ1n) is 5.22. The summed E-state index contributed by atoms with van der Waals surface area (Å²) in [5.41, 5.74) is 0. The highest BCUT2D eigenvalue weighted by Crippen LogP contribution is 2.20. The largest absolute Gasteiger partial charge is 0.480 e. The maximum atomic E-state index is 10.8. The third kappa shape index (κ3) is 3.64. The summed E-state index contributed by atoms with van der Waals surface area (Å²) in [6.45, 7) is 4.59. The Morgan fingerprint density at radius 1 is 1.69 bits per heavy atom. The van der Waals surface area contributed by atoms with Crippen LogP contribution in [0, 0.1) is 0 Å². The average Bonchev–Trinajstić information content (AvgIpc) is 2.61. The summed E-state index contributed by atoms with van der Waals surface area (Å²) >= 11 is 3.36. The van der Waals surface area contributed by atoms with Crippen LogP contribution in [0.15, 0.2) is 21.2 Å². The quantitative estimate of drug-likeness (QED) is 0.875. The molecule has 1 aromatic heterocycles. The highest BCUT2D eigenvalue weighted by atomic mass is 79.9. The molecule has 0 bridgehead atoms. The summed E-state index contributed by atoms with van der Waals surface area (Å²) in [4.78, 5) is 12.6. The maximum Gasteiger partial charge on any atom is 0.317 e. The first kappa shape index (κ1) is 13.3. The Bertz CT molecular complexity index is 351. The van der Waals surface area contributed by atoms with Gasteiger partial charge in [-0.1, -0.05) is 6.92 Å². The second-order valence-electron chi connectivity index (χ2n) is 3.75. The predicted octanol–water partition coefficient (Wildman–Crippen LogP) is 2.73. The Balaban J connectivity index is 2.70. The third-order valence-electron chi connectivity index (χ3n) is 2.59. The molecule has 1 aromatic rings. The van der Waals surface area contributed by atoms with Gasteiger partial charge in [0.05, 0.1) is 23.8 Å². The molecule has 1 atom stereocenters. The van der Waals surface area contributed by atoms with Crippen LogP contribution < -0.4 is 0 Å². The van der Waals surface area contributed by atoms with Gasteiger partial charge in [-0.3, -0.25) is 9.69 Å². The van der Waals surface area contributed by atoms with Crippen molar-refractivity contribution in [3.8, 4) is 0 Å². The van der Waals surface area contributed by atoms with Gasteiger partial charge in [0.15, 0.2) is 0 Å². The van der Waals surface area contributed by atoms with Gasteiger partial charge in [-0.25, -0.2) is 0 Å². The first-order chi connectivity index (χ1) is 7.54. The molecule has 1 rings (SSSR count). The monoisotopic (exact) mass is 289 g/mol. The molecule has 0 saturated carbocycles. The van der Waals surface area contributed by atoms with Crippen LogP contribution in [-0.2, 0) is 11.3 Å². The minimum atomic E-state index is -0.817. The van der Waals surface area contributed by atoms with Crippen molar-refractivity contribution in [3.63, 3.8) is 0 Å². The summed E-state index contributed by atoms with van der Waals surface area (Å²) in [7, 11) is 0. The number of hydrogen-bond donors (Lipinski definition) is 1. The molecule has 4 nitrogen and oxygen atoms in total. The van der Waals surface area contributed by atoms with Gasteiger partial charge >= 0.3 is 5.97 Å². The van der Waals surface area contributed by atoms with Crippen LogP contribution in [0.2, 0.25) is 0 Å². The standard InChI is InChI=1S/C11H16BrNO3/c1-3-8(2)13(7-11(14)15)6-10-9(12)4-5-16-10/h4-5,8H,3,6-7H2,1-2H3,(H,14,15). The smallest absolute Gasteiger partial charge is 0.317 e. The lowest BCUT2D eigenvalue weighted by Gasteiger charge is -2.25. The number of carbonyl (C=O) groups is 1. The molecule has 0 amide bonds. The Hall–Kier alpha value is -0.810. The van der Waals surface area contributed by atoms with Gasteiger partial charge < -0.3 is 9.52 Å². The highest BCUT2D eigenvalue weighted by molar-refractivity contribution is 9.10. The van der Waals surface area contributed by atoms with E-state index in [4.69, 9.17) is 9.52 Å². The number of carboxylic acid groups (broad SMARTS) is 1. The van der Waals surface area contributed by atoms with E-state index in [1.54, 1.807) is 6.26 Å². The molecule has 0 aliphatic rings. The minimum absolute atomic E-state index is 0.0299. The molecular weight excluding hydrogens is 274 g/mol. The van der Waals surface area contributed by atoms with Gasteiger partial charge in [-0.15, -0.1) is 0 Å². The summed E-state index contributed by atoms with van der Waals surface area (Å²) in [5, 5.41) is 8.84. The number of rotatable bonds is 6. The lowest BCUT2D eigenvalue weighted by Crippen LogP contribution is -2.36. The number of halogens is 1. The Morgan fingerprint density at radius 2 is 2.38 bits per heavy atom. The normalized spacial score (nSPS) is 13.0. The van der Waals surface area contributed by atoms with Gasteiger partial charge in [0, 0.05) is 6.04 Å². The molecule has 90 valence electrons. The van der Waals surface area contributed by atoms with Gasteiger partial charge in [0.2, 0.25) is 0 Å². The molecule has 0 aliphatic carbocycles. The van der Waals surface area contributed by atoms with E-state index in [0.717, 1.165) is 16.7 Å². The van der Waals surface area contributed by atoms with Crippen molar-refractivity contribution in [2.45, 2.75) is 32.9 Å². The third-order valence-corrected chi connectivity index (χ3v) is 3.30. The second kappa shape index (κ2) is 6.06. The van der Waals surface area contributed by atoms with Crippen LogP contribution in [0.4, 0.5) is 0 Å². The SMILES string of the molecule is CCC(C)N(CC(=O)O)Cc1occc1Br. The van der Waals surface area contributed by atoms with Crippen molar-refractivity contribution in [2.75, 3.05) is 6.54 Å². The molecule has 1 N–H and O–H groups in total. The fourth-order valence-electron chi connectivity index (χ4n) is 1.42. The summed E-state index contributed by atoms with van der Waals surface area (Å²) in [6, 6.07) is 2.03. The molecule has 0 saturated heterocycles. The van der Waals surface area contributed by atoms with Crippen LogP contribution in [0.3, 0.4) is 0 Å². The lowest BCUT2D eigenvalue weighted by molar-refractivity contribution is -0.139. The number of carboxylic acids is 1. The first-order valence-corrected chi connectivity index (χ1v) is 6.01. The molecule has 0 fully saturated rings. The second-order valence-corrected chi connectivity index (χ2v) is 4.60. The molecular formula is C11H16BrNO3. The van der Waals surface area contributed by atoms with Crippen LogP contribution in [0.5, 0.6) is 0 Å². The van der Waals surface area contributed by atoms with Crippen molar-refractivity contribution in [1.82, 2.24) is 4.90 Å². The molecule has 0 aliphatic heterocycles. The Kier molecular flexibility index (Phi) is 5.02. The highest BCUT2D eigenvalue weighted by Gasteiger charge is 2.18. The minimum Gasteiger partial charge on any atom is -0.480 e. The maximum absolute atomic E-state index is 10.8. The molecule has 0 radical (unpaired) electrons. The van der Waals surface area contributed by atoms with Crippen molar-refractivity contribution in [2.24, 2.45) is 0 Å². The number of hydrogen-bond acceptors (Lipinski definition) is 3. The van der Waals surface area contributed by atoms with E-state index in [2.05, 4.69) is 15.9 Å². The molecule has 1 unspecified atom stereocenters. The van der Waals surface area contributed by atoms with Gasteiger partial charge in [0.25, 0.3) is 0 Å². The summed E-state index contributed by atoms with van der Waals surface area (Å²) < 4.78 is 6.17. The van der Waals surface area contributed by atoms with Crippen LogP contribution in [0.25, 0.3) is 0 Å². The lowest BCUT2D eigenvalue weighted by atomic mass is 10.2. The van der Waals surface area contributed by atoms with Crippen molar-refractivity contribution >= 4 is 21.9 Å². The average molecular weight is 290 g/mol. The van der Waals surface area contributed by atoms with E-state index in [1.165, 1.54) is 0 Å². The summed E-state index contributed by atoms with van der Waals surface area (Å²) in [6.07, 6.45) is 2.50. The van der Waals surface area contributed by atoms with Gasteiger partial charge in [0.1, 0.15) is 5.76 Å². The van der Waals surface area contributed by atoms with E-state index in [-0.39, 0.29) is 12.6 Å². The molecule has 5 heteroatoms. The molecule has 0 aromatic carbocycles. The molecule has 1 heterocycles. The number of furan rings is 1. The van der Waals surface area contributed by atoms with E-state index >= 15 is 0 Å². The Labute approximate surface area is 103 Å². The van der Waals surface area contributed by atoms with Crippen molar-refractivity contribution in [1.29, 1.82) is 0 Å². The Morgan fingerprint density at radius 3 is 2.81 bits per heavy atom.